The van der Waals surface area contributed by atoms with Crippen molar-refractivity contribution in [3.63, 3.8) is 0 Å². The minimum atomic E-state index is -0.390. The van der Waals surface area contributed by atoms with Gasteiger partial charge in [0.2, 0.25) is 5.82 Å². The molecule has 0 bridgehead atoms. The first-order valence-electron chi connectivity index (χ1n) is 7.26. The van der Waals surface area contributed by atoms with Gasteiger partial charge in [-0.1, -0.05) is 0 Å². The van der Waals surface area contributed by atoms with Crippen molar-refractivity contribution in [3.8, 4) is 0 Å². The second kappa shape index (κ2) is 5.82. The molecule has 0 spiro atoms. The molecule has 1 aromatic heterocycles. The molecule has 1 saturated heterocycles. The van der Waals surface area contributed by atoms with E-state index in [0.29, 0.717) is 11.6 Å². The molecule has 2 heterocycles. The number of piperazine rings is 1. The SMILES string of the molecule is NNc1ccc([N+](=O)[O-])c(N2CCN(CC3CC3)CC2)n1. The van der Waals surface area contributed by atoms with Gasteiger partial charge in [0.1, 0.15) is 5.82 Å². The number of anilines is 2. The zero-order valence-corrected chi connectivity index (χ0v) is 11.9. The van der Waals surface area contributed by atoms with Gasteiger partial charge < -0.3 is 10.3 Å². The van der Waals surface area contributed by atoms with Gasteiger partial charge in [0, 0.05) is 38.8 Å². The van der Waals surface area contributed by atoms with Gasteiger partial charge in [0.05, 0.1) is 4.92 Å². The minimum absolute atomic E-state index is 0.0321. The topological polar surface area (TPSA) is 101 Å². The van der Waals surface area contributed by atoms with Gasteiger partial charge in [-0.15, -0.1) is 0 Å². The van der Waals surface area contributed by atoms with Crippen LogP contribution in [-0.2, 0) is 0 Å². The Hall–Kier alpha value is -1.93. The third-order valence-corrected chi connectivity index (χ3v) is 4.08. The minimum Gasteiger partial charge on any atom is -0.348 e. The molecule has 3 rings (SSSR count). The van der Waals surface area contributed by atoms with Crippen LogP contribution in [0.15, 0.2) is 12.1 Å². The molecule has 0 amide bonds. The lowest BCUT2D eigenvalue weighted by Gasteiger charge is -2.35. The monoisotopic (exact) mass is 292 g/mol. The molecule has 0 unspecified atom stereocenters. The van der Waals surface area contributed by atoms with Crippen LogP contribution in [0.5, 0.6) is 0 Å². The number of hydrazine groups is 1. The number of nitrogens with zero attached hydrogens (tertiary/aromatic N) is 4. The van der Waals surface area contributed by atoms with Crippen molar-refractivity contribution in [2.45, 2.75) is 12.8 Å². The highest BCUT2D eigenvalue weighted by atomic mass is 16.6. The van der Waals surface area contributed by atoms with E-state index in [1.165, 1.54) is 25.0 Å². The number of aromatic nitrogens is 1. The van der Waals surface area contributed by atoms with Gasteiger partial charge in [-0.05, 0) is 24.8 Å². The quantitative estimate of drug-likeness (QED) is 0.470. The molecule has 21 heavy (non-hydrogen) atoms. The third-order valence-electron chi connectivity index (χ3n) is 4.08. The molecular formula is C13H20N6O2. The molecule has 1 aromatic rings. The van der Waals surface area contributed by atoms with E-state index >= 15 is 0 Å². The Bertz CT molecular complexity index is 525. The Morgan fingerprint density at radius 1 is 1.33 bits per heavy atom. The van der Waals surface area contributed by atoms with Crippen molar-refractivity contribution in [3.05, 3.63) is 22.2 Å². The van der Waals surface area contributed by atoms with Crippen LogP contribution >= 0.6 is 0 Å². The van der Waals surface area contributed by atoms with E-state index in [1.54, 1.807) is 0 Å². The van der Waals surface area contributed by atoms with Crippen molar-refractivity contribution < 1.29 is 4.92 Å². The predicted octanol–water partition coefficient (Wildman–Crippen LogP) is 0.807. The normalized spacial score (nSPS) is 19.6. The molecule has 1 saturated carbocycles. The van der Waals surface area contributed by atoms with E-state index in [9.17, 15) is 10.1 Å². The van der Waals surface area contributed by atoms with Gasteiger partial charge in [0.25, 0.3) is 0 Å². The Morgan fingerprint density at radius 3 is 2.62 bits per heavy atom. The summed E-state index contributed by atoms with van der Waals surface area (Å²) in [6.45, 7) is 4.53. The lowest BCUT2D eigenvalue weighted by Crippen LogP contribution is -2.47. The maximum Gasteiger partial charge on any atom is 0.311 e. The summed E-state index contributed by atoms with van der Waals surface area (Å²) < 4.78 is 0. The predicted molar refractivity (Wildman–Crippen MR) is 80.1 cm³/mol. The smallest absolute Gasteiger partial charge is 0.311 e. The highest BCUT2D eigenvalue weighted by Crippen LogP contribution is 2.31. The Morgan fingerprint density at radius 2 is 2.05 bits per heavy atom. The fraction of sp³-hybridized carbons (Fsp3) is 0.615. The molecular weight excluding hydrogens is 272 g/mol. The number of pyridine rings is 1. The summed E-state index contributed by atoms with van der Waals surface area (Å²) in [5.41, 5.74) is 2.48. The number of nitrogens with one attached hydrogen (secondary N) is 1. The molecule has 2 fully saturated rings. The lowest BCUT2D eigenvalue weighted by molar-refractivity contribution is -0.384. The summed E-state index contributed by atoms with van der Waals surface area (Å²) in [6, 6.07) is 2.97. The average molecular weight is 292 g/mol. The van der Waals surface area contributed by atoms with Gasteiger partial charge >= 0.3 is 5.69 Å². The van der Waals surface area contributed by atoms with Crippen LogP contribution in [-0.4, -0.2) is 47.5 Å². The van der Waals surface area contributed by atoms with Crippen LogP contribution in [0.3, 0.4) is 0 Å². The number of nitrogens with two attached hydrogens (primary N) is 1. The largest absolute Gasteiger partial charge is 0.348 e. The molecule has 8 heteroatoms. The average Bonchev–Trinajstić information content (AvgIpc) is 3.31. The molecule has 0 atom stereocenters. The maximum absolute atomic E-state index is 11.2. The molecule has 8 nitrogen and oxygen atoms in total. The van der Waals surface area contributed by atoms with Gasteiger partial charge in [-0.2, -0.15) is 0 Å². The van der Waals surface area contributed by atoms with Crippen LogP contribution in [0.2, 0.25) is 0 Å². The Labute approximate surface area is 123 Å². The number of hydrogen-bond acceptors (Lipinski definition) is 7. The molecule has 2 aliphatic rings. The fourth-order valence-electron chi connectivity index (χ4n) is 2.70. The summed E-state index contributed by atoms with van der Waals surface area (Å²) in [5.74, 6) is 7.06. The van der Waals surface area contributed by atoms with E-state index < -0.39 is 0 Å². The van der Waals surface area contributed by atoms with E-state index in [4.69, 9.17) is 5.84 Å². The molecule has 0 aromatic carbocycles. The van der Waals surface area contributed by atoms with Gasteiger partial charge in [-0.3, -0.25) is 15.0 Å². The third kappa shape index (κ3) is 3.22. The van der Waals surface area contributed by atoms with Crippen LogP contribution in [0, 0.1) is 16.0 Å². The van der Waals surface area contributed by atoms with Gasteiger partial charge in [-0.25, -0.2) is 10.8 Å². The van der Waals surface area contributed by atoms with E-state index in [2.05, 4.69) is 15.3 Å². The highest BCUT2D eigenvalue weighted by Gasteiger charge is 2.29. The van der Waals surface area contributed by atoms with Crippen molar-refractivity contribution in [2.24, 2.45) is 11.8 Å². The van der Waals surface area contributed by atoms with Crippen molar-refractivity contribution in [1.29, 1.82) is 0 Å². The van der Waals surface area contributed by atoms with E-state index in [1.807, 2.05) is 4.90 Å². The number of rotatable bonds is 5. The summed E-state index contributed by atoms with van der Waals surface area (Å²) in [7, 11) is 0. The lowest BCUT2D eigenvalue weighted by atomic mass is 10.2. The number of nitrogen functional groups attached to an aromatic ring is 1. The summed E-state index contributed by atoms with van der Waals surface area (Å²) in [6.07, 6.45) is 2.69. The van der Waals surface area contributed by atoms with Crippen LogP contribution in [0.1, 0.15) is 12.8 Å². The summed E-state index contributed by atoms with van der Waals surface area (Å²) >= 11 is 0. The van der Waals surface area contributed by atoms with Crippen LogP contribution < -0.4 is 16.2 Å². The zero-order valence-electron chi connectivity index (χ0n) is 11.9. The van der Waals surface area contributed by atoms with E-state index in [0.717, 1.165) is 38.6 Å². The zero-order chi connectivity index (χ0) is 14.8. The summed E-state index contributed by atoms with van der Waals surface area (Å²) in [5, 5.41) is 11.2. The molecule has 0 radical (unpaired) electrons. The van der Waals surface area contributed by atoms with Crippen molar-refractivity contribution in [1.82, 2.24) is 9.88 Å². The first-order chi connectivity index (χ1) is 10.2. The first-order valence-corrected chi connectivity index (χ1v) is 7.26. The van der Waals surface area contributed by atoms with E-state index in [-0.39, 0.29) is 10.6 Å². The molecule has 114 valence electrons. The fourth-order valence-corrected chi connectivity index (χ4v) is 2.70. The Kier molecular flexibility index (Phi) is 3.89. The van der Waals surface area contributed by atoms with Crippen molar-refractivity contribution >= 4 is 17.3 Å². The van der Waals surface area contributed by atoms with Crippen LogP contribution in [0.4, 0.5) is 17.3 Å². The molecule has 1 aliphatic heterocycles. The number of nitro groups is 1. The standard InChI is InChI=1S/C13H20N6O2/c14-16-12-4-3-11(19(20)21)13(15-12)18-7-5-17(6-8-18)9-10-1-2-10/h3-4,10H,1-2,5-9,14H2,(H,15,16). The molecule has 1 aliphatic carbocycles. The second-order valence-electron chi connectivity index (χ2n) is 5.67. The maximum atomic E-state index is 11.2. The second-order valence-corrected chi connectivity index (χ2v) is 5.67. The van der Waals surface area contributed by atoms with Crippen molar-refractivity contribution in [2.75, 3.05) is 43.0 Å². The van der Waals surface area contributed by atoms with Gasteiger partial charge in [0.15, 0.2) is 0 Å². The van der Waals surface area contributed by atoms with Crippen LogP contribution in [0.25, 0.3) is 0 Å². The summed E-state index contributed by atoms with van der Waals surface area (Å²) in [4.78, 5) is 19.4. The molecule has 3 N–H and O–H groups in total. The Balaban J connectivity index is 1.72. The highest BCUT2D eigenvalue weighted by molar-refractivity contribution is 5.61. The first kappa shape index (κ1) is 14.0. The number of hydrogen-bond donors (Lipinski definition) is 2.